The van der Waals surface area contributed by atoms with Crippen LogP contribution in [0.25, 0.3) is 0 Å². The fourth-order valence-electron chi connectivity index (χ4n) is 2.36. The van der Waals surface area contributed by atoms with Crippen LogP contribution in [-0.4, -0.2) is 51.8 Å². The Kier molecular flexibility index (Phi) is 4.47. The lowest BCUT2D eigenvalue weighted by Gasteiger charge is -2.36. The third-order valence-electron chi connectivity index (χ3n) is 3.30. The standard InChI is InChI=1S/C13H20ClN3O2/c1-4-10-5-12(16(3)15-10)13(18)17-7-9(2)19-11(6-14)8-17/h5,9,11H,4,6-8H2,1-3H3. The molecule has 0 aliphatic carbocycles. The first-order chi connectivity index (χ1) is 9.05. The third-order valence-corrected chi connectivity index (χ3v) is 3.64. The minimum Gasteiger partial charge on any atom is -0.370 e. The number of morpholine rings is 1. The Balaban J connectivity index is 2.16. The van der Waals surface area contributed by atoms with Gasteiger partial charge in [-0.15, -0.1) is 11.6 Å². The van der Waals surface area contributed by atoms with Crippen LogP contribution >= 0.6 is 11.6 Å². The molecule has 0 aromatic carbocycles. The van der Waals surface area contributed by atoms with Gasteiger partial charge in [0.1, 0.15) is 5.69 Å². The molecule has 0 saturated carbocycles. The maximum Gasteiger partial charge on any atom is 0.272 e. The summed E-state index contributed by atoms with van der Waals surface area (Å²) in [5.41, 5.74) is 1.56. The van der Waals surface area contributed by atoms with Crippen LogP contribution in [0.4, 0.5) is 0 Å². The lowest BCUT2D eigenvalue weighted by Crippen LogP contribution is -2.50. The average Bonchev–Trinajstić information content (AvgIpc) is 2.78. The van der Waals surface area contributed by atoms with Crippen molar-refractivity contribution in [1.29, 1.82) is 0 Å². The lowest BCUT2D eigenvalue weighted by atomic mass is 10.2. The number of aryl methyl sites for hydroxylation is 2. The molecule has 1 aliphatic rings. The Hall–Kier alpha value is -1.07. The zero-order valence-corrected chi connectivity index (χ0v) is 12.4. The molecule has 2 unspecified atom stereocenters. The highest BCUT2D eigenvalue weighted by atomic mass is 35.5. The number of ether oxygens (including phenoxy) is 1. The molecule has 2 atom stereocenters. The molecule has 1 saturated heterocycles. The summed E-state index contributed by atoms with van der Waals surface area (Å²) in [5.74, 6) is 0.402. The Morgan fingerprint density at radius 3 is 2.89 bits per heavy atom. The van der Waals surface area contributed by atoms with Gasteiger partial charge in [0.25, 0.3) is 5.91 Å². The summed E-state index contributed by atoms with van der Waals surface area (Å²) < 4.78 is 7.31. The van der Waals surface area contributed by atoms with Gasteiger partial charge in [-0.05, 0) is 19.4 Å². The fourth-order valence-corrected chi connectivity index (χ4v) is 2.53. The highest BCUT2D eigenvalue weighted by molar-refractivity contribution is 6.18. The molecular weight excluding hydrogens is 266 g/mol. The van der Waals surface area contributed by atoms with Crippen molar-refractivity contribution in [3.63, 3.8) is 0 Å². The number of hydrogen-bond donors (Lipinski definition) is 0. The molecule has 1 aromatic heterocycles. The van der Waals surface area contributed by atoms with E-state index in [1.165, 1.54) is 0 Å². The molecule has 2 rings (SSSR count). The zero-order chi connectivity index (χ0) is 14.0. The molecule has 2 heterocycles. The summed E-state index contributed by atoms with van der Waals surface area (Å²) in [5, 5.41) is 4.32. The van der Waals surface area contributed by atoms with Crippen molar-refractivity contribution in [2.75, 3.05) is 19.0 Å². The number of amides is 1. The fraction of sp³-hybridized carbons (Fsp3) is 0.692. The summed E-state index contributed by atoms with van der Waals surface area (Å²) in [6.45, 7) is 5.12. The lowest BCUT2D eigenvalue weighted by molar-refractivity contribution is -0.0572. The molecule has 106 valence electrons. The molecule has 1 aliphatic heterocycles. The molecule has 0 N–H and O–H groups in total. The van der Waals surface area contributed by atoms with E-state index >= 15 is 0 Å². The topological polar surface area (TPSA) is 47.4 Å². The van der Waals surface area contributed by atoms with E-state index in [-0.39, 0.29) is 18.1 Å². The smallest absolute Gasteiger partial charge is 0.272 e. The van der Waals surface area contributed by atoms with Crippen LogP contribution in [0.2, 0.25) is 0 Å². The Bertz CT molecular complexity index is 461. The summed E-state index contributed by atoms with van der Waals surface area (Å²) in [7, 11) is 1.80. The van der Waals surface area contributed by atoms with E-state index in [0.29, 0.717) is 24.7 Å². The van der Waals surface area contributed by atoms with Crippen LogP contribution in [0.15, 0.2) is 6.07 Å². The van der Waals surface area contributed by atoms with Gasteiger partial charge in [0.2, 0.25) is 0 Å². The molecular formula is C13H20ClN3O2. The zero-order valence-electron chi connectivity index (χ0n) is 11.6. The van der Waals surface area contributed by atoms with Gasteiger partial charge in [-0.3, -0.25) is 9.48 Å². The van der Waals surface area contributed by atoms with Crippen LogP contribution in [0.1, 0.15) is 30.0 Å². The second kappa shape index (κ2) is 5.92. The van der Waals surface area contributed by atoms with Crippen LogP contribution in [-0.2, 0) is 18.2 Å². The number of rotatable bonds is 3. The van der Waals surface area contributed by atoms with E-state index in [4.69, 9.17) is 16.3 Å². The Morgan fingerprint density at radius 2 is 2.32 bits per heavy atom. The van der Waals surface area contributed by atoms with E-state index in [9.17, 15) is 4.79 Å². The van der Waals surface area contributed by atoms with Crippen molar-refractivity contribution in [2.45, 2.75) is 32.5 Å². The van der Waals surface area contributed by atoms with Crippen LogP contribution in [0.3, 0.4) is 0 Å². The quantitative estimate of drug-likeness (QED) is 0.790. The van der Waals surface area contributed by atoms with Crippen molar-refractivity contribution < 1.29 is 9.53 Å². The number of nitrogens with zero attached hydrogens (tertiary/aromatic N) is 3. The van der Waals surface area contributed by atoms with Crippen molar-refractivity contribution in [3.8, 4) is 0 Å². The van der Waals surface area contributed by atoms with Crippen LogP contribution in [0.5, 0.6) is 0 Å². The van der Waals surface area contributed by atoms with E-state index in [0.717, 1.165) is 12.1 Å². The summed E-state index contributed by atoms with van der Waals surface area (Å²) in [4.78, 5) is 14.3. The number of carbonyl (C=O) groups excluding carboxylic acids is 1. The molecule has 1 fully saturated rings. The molecule has 1 amide bonds. The van der Waals surface area contributed by atoms with Gasteiger partial charge in [-0.1, -0.05) is 6.92 Å². The first kappa shape index (κ1) is 14.3. The molecule has 1 aromatic rings. The molecule has 19 heavy (non-hydrogen) atoms. The monoisotopic (exact) mass is 285 g/mol. The molecule has 6 heteroatoms. The van der Waals surface area contributed by atoms with Crippen molar-refractivity contribution >= 4 is 17.5 Å². The SMILES string of the molecule is CCc1cc(C(=O)N2CC(C)OC(CCl)C2)n(C)n1. The molecule has 5 nitrogen and oxygen atoms in total. The van der Waals surface area contributed by atoms with Gasteiger partial charge < -0.3 is 9.64 Å². The van der Waals surface area contributed by atoms with E-state index in [1.807, 2.05) is 19.9 Å². The minimum atomic E-state index is -0.0896. The summed E-state index contributed by atoms with van der Waals surface area (Å²) in [6, 6.07) is 1.86. The molecule has 0 radical (unpaired) electrons. The van der Waals surface area contributed by atoms with Crippen molar-refractivity contribution in [1.82, 2.24) is 14.7 Å². The van der Waals surface area contributed by atoms with Crippen LogP contribution in [0, 0.1) is 0 Å². The number of halogens is 1. The average molecular weight is 286 g/mol. The minimum absolute atomic E-state index is 0.0000309. The van der Waals surface area contributed by atoms with Crippen molar-refractivity contribution in [2.24, 2.45) is 7.05 Å². The highest BCUT2D eigenvalue weighted by Gasteiger charge is 2.29. The van der Waals surface area contributed by atoms with E-state index in [1.54, 1.807) is 16.6 Å². The number of carbonyl (C=O) groups is 1. The largest absolute Gasteiger partial charge is 0.370 e. The first-order valence-corrected chi connectivity index (χ1v) is 7.12. The predicted molar refractivity (Wildman–Crippen MR) is 73.5 cm³/mol. The third kappa shape index (κ3) is 3.09. The Morgan fingerprint density at radius 1 is 1.58 bits per heavy atom. The number of aromatic nitrogens is 2. The summed E-state index contributed by atoms with van der Waals surface area (Å²) in [6.07, 6.45) is 0.749. The van der Waals surface area contributed by atoms with Gasteiger partial charge >= 0.3 is 0 Å². The second-order valence-corrected chi connectivity index (χ2v) is 5.24. The number of hydrogen-bond acceptors (Lipinski definition) is 3. The second-order valence-electron chi connectivity index (χ2n) is 4.93. The number of alkyl halides is 1. The predicted octanol–water partition coefficient (Wildman–Crippen LogP) is 1.45. The first-order valence-electron chi connectivity index (χ1n) is 6.58. The van der Waals surface area contributed by atoms with E-state index < -0.39 is 0 Å². The van der Waals surface area contributed by atoms with Gasteiger partial charge in [-0.25, -0.2) is 0 Å². The van der Waals surface area contributed by atoms with Gasteiger partial charge in [-0.2, -0.15) is 5.10 Å². The maximum absolute atomic E-state index is 12.5. The Labute approximate surface area is 118 Å². The highest BCUT2D eigenvalue weighted by Crippen LogP contribution is 2.16. The van der Waals surface area contributed by atoms with Crippen molar-refractivity contribution in [3.05, 3.63) is 17.5 Å². The molecule has 0 bridgehead atoms. The van der Waals surface area contributed by atoms with Gasteiger partial charge in [0, 0.05) is 20.1 Å². The van der Waals surface area contributed by atoms with Gasteiger partial charge in [0.15, 0.2) is 0 Å². The maximum atomic E-state index is 12.5. The van der Waals surface area contributed by atoms with Gasteiger partial charge in [0.05, 0.1) is 23.8 Å². The van der Waals surface area contributed by atoms with Crippen LogP contribution < -0.4 is 0 Å². The molecule has 0 spiro atoms. The summed E-state index contributed by atoms with van der Waals surface area (Å²) >= 11 is 5.84. The normalized spacial score (nSPS) is 23.7. The van der Waals surface area contributed by atoms with E-state index in [2.05, 4.69) is 5.10 Å².